The maximum atomic E-state index is 14.3. The lowest BCUT2D eigenvalue weighted by molar-refractivity contribution is -0.157. The second-order valence-corrected chi connectivity index (χ2v) is 10.5. The zero-order valence-corrected chi connectivity index (χ0v) is 20.9. The molecule has 4 fully saturated rings. The Balaban J connectivity index is 1.65. The van der Waals surface area contributed by atoms with Crippen LogP contribution in [0.5, 0.6) is 0 Å². The molecule has 35 heavy (non-hydrogen) atoms. The van der Waals surface area contributed by atoms with Gasteiger partial charge in [-0.25, -0.2) is 0 Å². The summed E-state index contributed by atoms with van der Waals surface area (Å²) in [5.41, 5.74) is -1.07. The normalized spacial score (nSPS) is 32.9. The average Bonchev–Trinajstić information content (AvgIpc) is 3.52. The van der Waals surface area contributed by atoms with Gasteiger partial charge in [0.1, 0.15) is 11.6 Å². The van der Waals surface area contributed by atoms with E-state index in [0.29, 0.717) is 25.8 Å². The van der Waals surface area contributed by atoms with Crippen molar-refractivity contribution in [3.63, 3.8) is 0 Å². The van der Waals surface area contributed by atoms with Crippen LogP contribution in [0.15, 0.2) is 25.3 Å². The highest BCUT2D eigenvalue weighted by Gasteiger charge is 2.75. The third-order valence-electron chi connectivity index (χ3n) is 8.40. The topological polar surface area (TPSA) is 96.4 Å². The number of unbranched alkanes of at least 4 members (excludes halogenated alkanes) is 1. The molecule has 0 aromatic rings. The molecule has 8 heteroatoms. The van der Waals surface area contributed by atoms with Gasteiger partial charge in [0.25, 0.3) is 0 Å². The predicted octanol–water partition coefficient (Wildman–Crippen LogP) is 2.60. The molecule has 3 saturated heterocycles. The van der Waals surface area contributed by atoms with E-state index in [-0.39, 0.29) is 31.1 Å². The van der Waals surface area contributed by atoms with Crippen LogP contribution in [0.25, 0.3) is 0 Å². The minimum absolute atomic E-state index is 0.0929. The van der Waals surface area contributed by atoms with E-state index in [1.165, 1.54) is 4.90 Å². The number of nitrogens with zero attached hydrogens (tertiary/aromatic N) is 2. The van der Waals surface area contributed by atoms with Crippen LogP contribution in [0.3, 0.4) is 0 Å². The average molecular weight is 489 g/mol. The Kier molecular flexibility index (Phi) is 8.01. The number of amides is 2. The number of likely N-dealkylation sites (tertiary alicyclic amines) is 1. The number of carbonyl (C=O) groups excluding carboxylic acids is 3. The fourth-order valence-corrected chi connectivity index (χ4v) is 6.80. The Morgan fingerprint density at radius 2 is 2.00 bits per heavy atom. The smallest absolute Gasteiger partial charge is 0.312 e. The molecule has 8 nitrogen and oxygen atoms in total. The highest BCUT2D eigenvalue weighted by Crippen LogP contribution is 2.59. The zero-order chi connectivity index (χ0) is 25.2. The Labute approximate surface area is 208 Å². The first kappa shape index (κ1) is 25.9. The quantitative estimate of drug-likeness (QED) is 0.273. The highest BCUT2D eigenvalue weighted by molar-refractivity contribution is 5.98. The number of aliphatic hydroxyl groups is 1. The minimum atomic E-state index is -1.07. The molecule has 2 amide bonds. The van der Waals surface area contributed by atoms with Crippen LogP contribution < -0.4 is 0 Å². The van der Waals surface area contributed by atoms with Crippen molar-refractivity contribution < 1.29 is 29.0 Å². The van der Waals surface area contributed by atoms with Gasteiger partial charge in [-0.05, 0) is 45.4 Å². The number of hydrogen-bond acceptors (Lipinski definition) is 6. The van der Waals surface area contributed by atoms with Gasteiger partial charge in [0.05, 0.1) is 37.2 Å². The van der Waals surface area contributed by atoms with E-state index >= 15 is 0 Å². The molecule has 3 aliphatic heterocycles. The molecule has 0 aromatic heterocycles. The van der Waals surface area contributed by atoms with Crippen molar-refractivity contribution in [1.29, 1.82) is 0 Å². The second kappa shape index (κ2) is 10.8. The van der Waals surface area contributed by atoms with Crippen LogP contribution in [-0.4, -0.2) is 82.3 Å². The van der Waals surface area contributed by atoms with Crippen molar-refractivity contribution in [3.8, 4) is 0 Å². The zero-order valence-electron chi connectivity index (χ0n) is 20.9. The molecular formula is C27H40N2O6. The lowest BCUT2D eigenvalue weighted by Crippen LogP contribution is -2.60. The van der Waals surface area contributed by atoms with Crippen LogP contribution >= 0.6 is 0 Å². The summed E-state index contributed by atoms with van der Waals surface area (Å²) in [6.45, 7) is 9.67. The summed E-state index contributed by atoms with van der Waals surface area (Å²) in [6.07, 6.45) is 10.8. The van der Waals surface area contributed by atoms with Gasteiger partial charge < -0.3 is 24.4 Å². The largest absolute Gasteiger partial charge is 0.465 e. The van der Waals surface area contributed by atoms with E-state index in [4.69, 9.17) is 9.47 Å². The number of carbonyl (C=O) groups is 3. The lowest BCUT2D eigenvalue weighted by Gasteiger charge is -2.41. The number of allylic oxidation sites excluding steroid dienone is 1. The molecule has 194 valence electrons. The molecular weight excluding hydrogens is 448 g/mol. The minimum Gasteiger partial charge on any atom is -0.465 e. The number of aliphatic hydroxyl groups excluding tert-OH is 1. The number of hydrogen-bond donors (Lipinski definition) is 1. The number of ether oxygens (including phenoxy) is 2. The van der Waals surface area contributed by atoms with E-state index in [1.807, 2.05) is 4.90 Å². The molecule has 1 aliphatic carbocycles. The first-order chi connectivity index (χ1) is 16.9. The molecule has 4 rings (SSSR count). The molecule has 1 N–H and O–H groups in total. The van der Waals surface area contributed by atoms with E-state index in [2.05, 4.69) is 13.2 Å². The summed E-state index contributed by atoms with van der Waals surface area (Å²) in [7, 11) is 0. The van der Waals surface area contributed by atoms with Crippen molar-refractivity contribution in [2.45, 2.75) is 94.5 Å². The van der Waals surface area contributed by atoms with Crippen LogP contribution in [0.1, 0.15) is 64.7 Å². The van der Waals surface area contributed by atoms with Gasteiger partial charge in [-0.1, -0.05) is 31.4 Å². The van der Waals surface area contributed by atoms with Crippen molar-refractivity contribution >= 4 is 17.8 Å². The lowest BCUT2D eigenvalue weighted by atomic mass is 9.70. The Morgan fingerprint density at radius 1 is 1.26 bits per heavy atom. The van der Waals surface area contributed by atoms with Crippen molar-refractivity contribution in [3.05, 3.63) is 25.3 Å². The van der Waals surface area contributed by atoms with Crippen LogP contribution in [0.2, 0.25) is 0 Å². The molecule has 0 radical (unpaired) electrons. The van der Waals surface area contributed by atoms with Gasteiger partial charge in [-0.15, -0.1) is 13.2 Å². The van der Waals surface area contributed by atoms with Crippen molar-refractivity contribution in [1.82, 2.24) is 9.80 Å². The highest BCUT2D eigenvalue weighted by atomic mass is 16.6. The predicted molar refractivity (Wildman–Crippen MR) is 130 cm³/mol. The molecule has 2 unspecified atom stereocenters. The summed E-state index contributed by atoms with van der Waals surface area (Å²) in [4.78, 5) is 44.6. The summed E-state index contributed by atoms with van der Waals surface area (Å²) in [5, 5.41) is 10.00. The molecule has 3 heterocycles. The van der Waals surface area contributed by atoms with Crippen LogP contribution in [-0.2, 0) is 23.9 Å². The Hall–Kier alpha value is -2.19. The van der Waals surface area contributed by atoms with Crippen molar-refractivity contribution in [2.24, 2.45) is 11.8 Å². The van der Waals surface area contributed by atoms with Crippen molar-refractivity contribution in [2.75, 3.05) is 19.8 Å². The van der Waals surface area contributed by atoms with Crippen LogP contribution in [0.4, 0.5) is 0 Å². The third kappa shape index (κ3) is 4.44. The number of esters is 1. The molecule has 4 aliphatic rings. The van der Waals surface area contributed by atoms with Gasteiger partial charge in [0, 0.05) is 12.6 Å². The molecule has 1 spiro atoms. The summed E-state index contributed by atoms with van der Waals surface area (Å²) < 4.78 is 12.0. The first-order valence-corrected chi connectivity index (χ1v) is 13.2. The summed E-state index contributed by atoms with van der Waals surface area (Å²) in [6, 6.07) is -1.34. The maximum absolute atomic E-state index is 14.3. The monoisotopic (exact) mass is 488 g/mol. The van der Waals surface area contributed by atoms with Gasteiger partial charge in [0.15, 0.2) is 0 Å². The SMILES string of the molecule is C=CCCCOC(=O)[C@@H]1[C@H]2C(=O)N([C@H](C)CO)C(C(=O)N(CC=C)C3CCCCC3)C23CC[C@H]1O3. The second-order valence-electron chi connectivity index (χ2n) is 10.5. The van der Waals surface area contributed by atoms with Gasteiger partial charge in [-0.3, -0.25) is 14.4 Å². The fraction of sp³-hybridized carbons (Fsp3) is 0.741. The Bertz CT molecular complexity index is 840. The maximum Gasteiger partial charge on any atom is 0.312 e. The molecule has 6 atom stereocenters. The molecule has 1 saturated carbocycles. The molecule has 0 aromatic carbocycles. The standard InChI is InChI=1S/C27H40N2O6/c1-4-6-10-16-34-26(33)21-20-13-14-27(35-20)22(21)24(31)29(18(3)17-30)23(27)25(32)28(15-5-2)19-11-8-7-9-12-19/h4-5,18-23,30H,1-2,6-17H2,3H3/t18-,20-,21+,22+,23?,27?/m1/s1. The van der Waals surface area contributed by atoms with E-state index in [0.717, 1.165) is 38.5 Å². The number of fused-ring (bicyclic) bond motifs is 1. The van der Waals surface area contributed by atoms with Gasteiger partial charge in [0.2, 0.25) is 11.8 Å². The van der Waals surface area contributed by atoms with E-state index in [1.54, 1.807) is 19.1 Å². The van der Waals surface area contributed by atoms with Gasteiger partial charge in [-0.2, -0.15) is 0 Å². The number of rotatable bonds is 11. The third-order valence-corrected chi connectivity index (χ3v) is 8.40. The molecule has 2 bridgehead atoms. The first-order valence-electron chi connectivity index (χ1n) is 13.2. The Morgan fingerprint density at radius 3 is 2.66 bits per heavy atom. The van der Waals surface area contributed by atoms with Gasteiger partial charge >= 0.3 is 5.97 Å². The fourth-order valence-electron chi connectivity index (χ4n) is 6.80. The van der Waals surface area contributed by atoms with E-state index in [9.17, 15) is 19.5 Å². The van der Waals surface area contributed by atoms with E-state index < -0.39 is 41.6 Å². The summed E-state index contributed by atoms with van der Waals surface area (Å²) >= 11 is 0. The van der Waals surface area contributed by atoms with Crippen LogP contribution in [0, 0.1) is 11.8 Å². The summed E-state index contributed by atoms with van der Waals surface area (Å²) in [5.74, 6) is -2.38.